The van der Waals surface area contributed by atoms with Gasteiger partial charge in [-0.15, -0.1) is 0 Å². The molecule has 0 aliphatic heterocycles. The number of nitrogens with one attached hydrogen (secondary N) is 1. The second-order valence-corrected chi connectivity index (χ2v) is 5.26. The molecule has 0 aromatic heterocycles. The molecule has 1 aromatic carbocycles. The largest absolute Gasteiger partial charge is 0.388 e. The maximum atomic E-state index is 10.1. The number of hydrogen-bond donors (Lipinski definition) is 2. The topological polar surface area (TPSA) is 32.3 Å². The van der Waals surface area contributed by atoms with E-state index in [9.17, 15) is 5.11 Å². The molecule has 0 spiro atoms. The van der Waals surface area contributed by atoms with Gasteiger partial charge in [-0.3, -0.25) is 0 Å². The first kappa shape index (κ1) is 13.3. The van der Waals surface area contributed by atoms with Crippen LogP contribution in [0.4, 0.5) is 5.69 Å². The summed E-state index contributed by atoms with van der Waals surface area (Å²) in [5.74, 6) is 0.208. The molecule has 0 saturated heterocycles. The first-order valence-electron chi connectivity index (χ1n) is 5.55. The Bertz CT molecular complexity index is 361. The Kier molecular flexibility index (Phi) is 4.22. The molecule has 16 heavy (non-hydrogen) atoms. The fourth-order valence-electron chi connectivity index (χ4n) is 1.26. The van der Waals surface area contributed by atoms with E-state index in [-0.39, 0.29) is 5.92 Å². The molecular weight excluding hydrogens is 222 g/mol. The van der Waals surface area contributed by atoms with Crippen molar-refractivity contribution >= 4 is 17.3 Å². The summed E-state index contributed by atoms with van der Waals surface area (Å²) >= 11 is 5.93. The van der Waals surface area contributed by atoms with E-state index in [1.54, 1.807) is 0 Å². The van der Waals surface area contributed by atoms with Crippen LogP contribution in [-0.4, -0.2) is 17.3 Å². The predicted molar refractivity (Wildman–Crippen MR) is 70.1 cm³/mol. The highest BCUT2D eigenvalue weighted by Crippen LogP contribution is 2.22. The third-order valence-electron chi connectivity index (χ3n) is 3.08. The van der Waals surface area contributed by atoms with Gasteiger partial charge in [0.2, 0.25) is 0 Å². The van der Waals surface area contributed by atoms with Gasteiger partial charge in [-0.1, -0.05) is 31.5 Å². The molecule has 90 valence electrons. The van der Waals surface area contributed by atoms with Gasteiger partial charge in [-0.2, -0.15) is 0 Å². The van der Waals surface area contributed by atoms with Crippen molar-refractivity contribution in [2.24, 2.45) is 5.92 Å². The number of aryl methyl sites for hydroxylation is 1. The summed E-state index contributed by atoms with van der Waals surface area (Å²) in [5.41, 5.74) is 1.40. The van der Waals surface area contributed by atoms with Crippen LogP contribution in [0.2, 0.25) is 5.02 Å². The van der Waals surface area contributed by atoms with E-state index in [2.05, 4.69) is 5.32 Å². The van der Waals surface area contributed by atoms with Crippen LogP contribution in [0.5, 0.6) is 0 Å². The minimum atomic E-state index is -0.714. The number of aliphatic hydroxyl groups is 1. The van der Waals surface area contributed by atoms with Gasteiger partial charge >= 0.3 is 0 Å². The van der Waals surface area contributed by atoms with Crippen LogP contribution in [0.25, 0.3) is 0 Å². The second-order valence-electron chi connectivity index (χ2n) is 4.82. The highest BCUT2D eigenvalue weighted by molar-refractivity contribution is 6.30. The number of rotatable bonds is 4. The molecular formula is C13H20ClNO. The maximum absolute atomic E-state index is 10.1. The van der Waals surface area contributed by atoms with Crippen LogP contribution in [0, 0.1) is 12.8 Å². The quantitative estimate of drug-likeness (QED) is 0.846. The molecule has 0 saturated carbocycles. The minimum Gasteiger partial charge on any atom is -0.388 e. The highest BCUT2D eigenvalue weighted by Gasteiger charge is 2.24. The molecule has 1 atom stereocenters. The van der Waals surface area contributed by atoms with Crippen LogP contribution in [0.3, 0.4) is 0 Å². The molecule has 0 aliphatic rings. The van der Waals surface area contributed by atoms with Crippen molar-refractivity contribution < 1.29 is 5.11 Å². The number of anilines is 1. The summed E-state index contributed by atoms with van der Waals surface area (Å²) in [6, 6.07) is 5.71. The van der Waals surface area contributed by atoms with Crippen molar-refractivity contribution in [1.82, 2.24) is 0 Å². The Morgan fingerprint density at radius 1 is 1.44 bits per heavy atom. The van der Waals surface area contributed by atoms with E-state index < -0.39 is 5.60 Å². The fourth-order valence-corrected chi connectivity index (χ4v) is 1.44. The zero-order valence-corrected chi connectivity index (χ0v) is 11.1. The van der Waals surface area contributed by atoms with Crippen molar-refractivity contribution in [2.75, 3.05) is 11.9 Å². The van der Waals surface area contributed by atoms with E-state index in [4.69, 9.17) is 11.6 Å². The number of benzene rings is 1. The molecule has 0 amide bonds. The van der Waals surface area contributed by atoms with Gasteiger partial charge < -0.3 is 10.4 Å². The van der Waals surface area contributed by atoms with E-state index >= 15 is 0 Å². The monoisotopic (exact) mass is 241 g/mol. The van der Waals surface area contributed by atoms with E-state index in [0.29, 0.717) is 11.6 Å². The summed E-state index contributed by atoms with van der Waals surface area (Å²) in [6.07, 6.45) is 0. The zero-order valence-electron chi connectivity index (χ0n) is 10.3. The van der Waals surface area contributed by atoms with Crippen LogP contribution in [0.1, 0.15) is 26.3 Å². The fraction of sp³-hybridized carbons (Fsp3) is 0.538. The highest BCUT2D eigenvalue weighted by atomic mass is 35.5. The van der Waals surface area contributed by atoms with Gasteiger partial charge in [0.25, 0.3) is 0 Å². The molecule has 1 rings (SSSR count). The van der Waals surface area contributed by atoms with E-state index in [1.165, 1.54) is 0 Å². The summed E-state index contributed by atoms with van der Waals surface area (Å²) in [5, 5.41) is 14.1. The predicted octanol–water partition coefficient (Wildman–Crippen LogP) is 3.47. The van der Waals surface area contributed by atoms with E-state index in [0.717, 1.165) is 11.3 Å². The first-order valence-corrected chi connectivity index (χ1v) is 5.93. The van der Waals surface area contributed by atoms with Crippen LogP contribution >= 0.6 is 11.6 Å². The summed E-state index contributed by atoms with van der Waals surface area (Å²) in [4.78, 5) is 0. The first-order chi connectivity index (χ1) is 7.33. The van der Waals surface area contributed by atoms with Crippen molar-refractivity contribution in [1.29, 1.82) is 0 Å². The lowest BCUT2D eigenvalue weighted by molar-refractivity contribution is 0.0266. The third-order valence-corrected chi connectivity index (χ3v) is 3.32. The zero-order chi connectivity index (χ0) is 12.3. The lowest BCUT2D eigenvalue weighted by atomic mass is 9.92. The van der Waals surface area contributed by atoms with Crippen molar-refractivity contribution in [2.45, 2.75) is 33.3 Å². The lowest BCUT2D eigenvalue weighted by Gasteiger charge is -2.28. The molecule has 0 radical (unpaired) electrons. The molecule has 0 bridgehead atoms. The summed E-state index contributed by atoms with van der Waals surface area (Å²) in [6.45, 7) is 8.39. The van der Waals surface area contributed by atoms with Gasteiger partial charge in [0, 0.05) is 17.3 Å². The molecule has 1 aromatic rings. The van der Waals surface area contributed by atoms with Crippen LogP contribution in [-0.2, 0) is 0 Å². The molecule has 0 aliphatic carbocycles. The smallest absolute Gasteiger partial charge is 0.0813 e. The summed E-state index contributed by atoms with van der Waals surface area (Å²) < 4.78 is 0. The Morgan fingerprint density at radius 3 is 2.62 bits per heavy atom. The van der Waals surface area contributed by atoms with Crippen molar-refractivity contribution in [3.8, 4) is 0 Å². The molecule has 2 N–H and O–H groups in total. The maximum Gasteiger partial charge on any atom is 0.0813 e. The van der Waals surface area contributed by atoms with Gasteiger partial charge in [-0.05, 0) is 37.5 Å². The van der Waals surface area contributed by atoms with Crippen LogP contribution < -0.4 is 5.32 Å². The van der Waals surface area contributed by atoms with Gasteiger partial charge in [-0.25, -0.2) is 0 Å². The standard InChI is InChI=1S/C13H20ClNO/c1-9(2)13(4,16)8-15-12-7-11(14)6-5-10(12)3/h5-7,9,15-16H,8H2,1-4H3. The minimum absolute atomic E-state index is 0.208. The number of halogens is 1. The molecule has 1 unspecified atom stereocenters. The van der Waals surface area contributed by atoms with Crippen LogP contribution in [0.15, 0.2) is 18.2 Å². The molecule has 0 heterocycles. The second kappa shape index (κ2) is 5.07. The van der Waals surface area contributed by atoms with Gasteiger partial charge in [0.05, 0.1) is 5.60 Å². The molecule has 2 nitrogen and oxygen atoms in total. The Hall–Kier alpha value is -0.730. The van der Waals surface area contributed by atoms with Crippen molar-refractivity contribution in [3.63, 3.8) is 0 Å². The van der Waals surface area contributed by atoms with Gasteiger partial charge in [0.1, 0.15) is 0 Å². The SMILES string of the molecule is Cc1ccc(Cl)cc1NCC(C)(O)C(C)C. The normalized spacial score (nSPS) is 14.9. The lowest BCUT2D eigenvalue weighted by Crippen LogP contribution is -2.38. The van der Waals surface area contributed by atoms with E-state index in [1.807, 2.05) is 45.9 Å². The molecule has 3 heteroatoms. The average molecular weight is 242 g/mol. The Balaban J connectivity index is 2.71. The average Bonchev–Trinajstić information content (AvgIpc) is 2.19. The summed E-state index contributed by atoms with van der Waals surface area (Å²) in [7, 11) is 0. The van der Waals surface area contributed by atoms with Gasteiger partial charge in [0.15, 0.2) is 0 Å². The Labute approximate surface area is 103 Å². The van der Waals surface area contributed by atoms with Crippen molar-refractivity contribution in [3.05, 3.63) is 28.8 Å². The molecule has 0 fully saturated rings. The third kappa shape index (κ3) is 3.39. The Morgan fingerprint density at radius 2 is 2.06 bits per heavy atom. The number of hydrogen-bond acceptors (Lipinski definition) is 2.